The molecule has 0 amide bonds. The molecular formula is C19H26N3O6S+. The maximum atomic E-state index is 12.5. The van der Waals surface area contributed by atoms with Gasteiger partial charge in [-0.2, -0.15) is 13.1 Å². The molecule has 0 bridgehead atoms. The molecule has 0 radical (unpaired) electrons. The lowest BCUT2D eigenvalue weighted by atomic mass is 10.1. The Labute approximate surface area is 170 Å². The maximum Gasteiger partial charge on any atom is 0.356 e. The zero-order valence-electron chi connectivity index (χ0n) is 16.8. The predicted molar refractivity (Wildman–Crippen MR) is 108 cm³/mol. The van der Waals surface area contributed by atoms with E-state index in [4.69, 9.17) is 24.7 Å². The molecule has 2 aromatic carbocycles. The van der Waals surface area contributed by atoms with E-state index in [1.165, 1.54) is 32.4 Å². The first-order valence-electron chi connectivity index (χ1n) is 8.66. The van der Waals surface area contributed by atoms with Crippen molar-refractivity contribution in [3.8, 4) is 23.0 Å². The van der Waals surface area contributed by atoms with E-state index < -0.39 is 10.0 Å². The van der Waals surface area contributed by atoms with Crippen LogP contribution in [0.15, 0.2) is 41.3 Å². The molecule has 0 fully saturated rings. The van der Waals surface area contributed by atoms with E-state index in [0.717, 1.165) is 5.56 Å². The van der Waals surface area contributed by atoms with Gasteiger partial charge < -0.3 is 18.9 Å². The van der Waals surface area contributed by atoms with Gasteiger partial charge in [0.15, 0.2) is 23.0 Å². The Morgan fingerprint density at radius 2 is 1.45 bits per heavy atom. The molecule has 0 aliphatic carbocycles. The Hall–Kier alpha value is -3.14. The van der Waals surface area contributed by atoms with E-state index in [2.05, 4.69) is 9.71 Å². The monoisotopic (exact) mass is 424 g/mol. The second kappa shape index (κ2) is 9.87. The van der Waals surface area contributed by atoms with Crippen LogP contribution in [0.1, 0.15) is 5.56 Å². The Balaban J connectivity index is 2.05. The van der Waals surface area contributed by atoms with Crippen LogP contribution >= 0.6 is 0 Å². The Bertz CT molecular complexity index is 976. The minimum Gasteiger partial charge on any atom is -0.493 e. The highest BCUT2D eigenvalue weighted by atomic mass is 32.2. The van der Waals surface area contributed by atoms with Gasteiger partial charge in [0.1, 0.15) is 4.90 Å². The Morgan fingerprint density at radius 3 is 2.03 bits per heavy atom. The topological polar surface area (TPSA) is 123 Å². The fourth-order valence-electron chi connectivity index (χ4n) is 2.60. The van der Waals surface area contributed by atoms with Crippen molar-refractivity contribution in [2.45, 2.75) is 11.3 Å². The van der Waals surface area contributed by atoms with E-state index in [1.54, 1.807) is 20.3 Å². The van der Waals surface area contributed by atoms with Crippen LogP contribution < -0.4 is 34.4 Å². The second-order valence-electron chi connectivity index (χ2n) is 5.90. The predicted octanol–water partition coefficient (Wildman–Crippen LogP) is -0.363. The van der Waals surface area contributed by atoms with Gasteiger partial charge in [0.25, 0.3) is 0 Å². The summed E-state index contributed by atoms with van der Waals surface area (Å²) in [6.45, 7) is 0.412. The van der Waals surface area contributed by atoms with Crippen LogP contribution in [0.4, 0.5) is 0 Å². The third-order valence-corrected chi connectivity index (χ3v) is 5.45. The van der Waals surface area contributed by atoms with Crippen LogP contribution in [0.25, 0.3) is 0 Å². The molecule has 10 heteroatoms. The Morgan fingerprint density at radius 1 is 0.897 bits per heavy atom. The summed E-state index contributed by atoms with van der Waals surface area (Å²) in [5, 5.41) is 0. The van der Waals surface area contributed by atoms with Crippen LogP contribution in [0.2, 0.25) is 0 Å². The summed E-state index contributed by atoms with van der Waals surface area (Å²) in [7, 11) is 2.15. The van der Waals surface area contributed by atoms with Gasteiger partial charge in [0, 0.05) is 12.5 Å². The summed E-state index contributed by atoms with van der Waals surface area (Å²) in [6, 6.07) is 9.82. The normalized spacial score (nSPS) is 11.7. The number of ether oxygens (including phenoxy) is 4. The minimum absolute atomic E-state index is 0.000194. The number of nitrogens with two attached hydrogens (primary N) is 1. The SMILES string of the molecule is COc1ccc(CC[NH+]=C(N)NS(=O)(=O)c2ccc(OC)c(OC)c2)cc1OC. The summed E-state index contributed by atoms with van der Waals surface area (Å²) >= 11 is 0. The highest BCUT2D eigenvalue weighted by Crippen LogP contribution is 2.29. The molecule has 2 aromatic rings. The molecule has 0 saturated heterocycles. The standard InChI is InChI=1S/C19H25N3O6S/c1-25-15-7-5-13(11-17(15)27-3)9-10-21-19(20)22-29(23,24)14-6-8-16(26-2)18(12-14)28-4/h5-8,11-12H,9-10H2,1-4H3,(H3,20,21,22)/p+1. The Kier molecular flexibility index (Phi) is 7.54. The summed E-state index contributed by atoms with van der Waals surface area (Å²) in [5.41, 5.74) is 6.78. The first kappa shape index (κ1) is 22.2. The van der Waals surface area contributed by atoms with E-state index in [1.807, 2.05) is 12.1 Å². The smallest absolute Gasteiger partial charge is 0.356 e. The highest BCUT2D eigenvalue weighted by molar-refractivity contribution is 7.90. The molecule has 9 nitrogen and oxygen atoms in total. The van der Waals surface area contributed by atoms with Gasteiger partial charge >= 0.3 is 16.0 Å². The van der Waals surface area contributed by atoms with Gasteiger partial charge in [-0.15, -0.1) is 0 Å². The molecule has 0 atom stereocenters. The zero-order chi connectivity index (χ0) is 21.4. The van der Waals surface area contributed by atoms with E-state index in [9.17, 15) is 8.42 Å². The van der Waals surface area contributed by atoms with E-state index in [0.29, 0.717) is 36.0 Å². The summed E-state index contributed by atoms with van der Waals surface area (Å²) in [4.78, 5) is 2.85. The third-order valence-electron chi connectivity index (χ3n) is 4.09. The fraction of sp³-hybridized carbons (Fsp3) is 0.316. The van der Waals surface area contributed by atoms with Crippen molar-refractivity contribution in [3.63, 3.8) is 0 Å². The van der Waals surface area contributed by atoms with Crippen molar-refractivity contribution in [2.24, 2.45) is 5.73 Å². The number of methoxy groups -OCH3 is 4. The van der Waals surface area contributed by atoms with Crippen molar-refractivity contribution < 1.29 is 32.4 Å². The van der Waals surface area contributed by atoms with Gasteiger partial charge in [0.2, 0.25) is 0 Å². The number of guanidine groups is 1. The van der Waals surface area contributed by atoms with Crippen LogP contribution in [-0.4, -0.2) is 49.4 Å². The number of rotatable bonds is 9. The van der Waals surface area contributed by atoms with E-state index >= 15 is 0 Å². The number of hydrogen-bond donors (Lipinski definition) is 3. The van der Waals surface area contributed by atoms with E-state index in [-0.39, 0.29) is 10.9 Å². The fourth-order valence-corrected chi connectivity index (χ4v) is 3.59. The molecule has 0 heterocycles. The lowest BCUT2D eigenvalue weighted by molar-refractivity contribution is -0.459. The minimum atomic E-state index is -3.88. The highest BCUT2D eigenvalue weighted by Gasteiger charge is 2.21. The molecule has 158 valence electrons. The first-order valence-corrected chi connectivity index (χ1v) is 10.1. The van der Waals surface area contributed by atoms with Crippen molar-refractivity contribution in [2.75, 3.05) is 35.0 Å². The average molecular weight is 424 g/mol. The third kappa shape index (κ3) is 5.67. The lowest BCUT2D eigenvalue weighted by Gasteiger charge is -2.09. The molecule has 29 heavy (non-hydrogen) atoms. The largest absolute Gasteiger partial charge is 0.493 e. The summed E-state index contributed by atoms with van der Waals surface area (Å²) in [5.74, 6) is 1.90. The van der Waals surface area contributed by atoms with Crippen LogP contribution in [0.3, 0.4) is 0 Å². The number of benzene rings is 2. The molecule has 2 rings (SSSR count). The molecule has 0 aromatic heterocycles. The molecule has 0 spiro atoms. The molecule has 0 saturated carbocycles. The van der Waals surface area contributed by atoms with Gasteiger partial charge in [0.05, 0.1) is 35.0 Å². The summed E-state index contributed by atoms with van der Waals surface area (Å²) < 4.78 is 48.1. The quantitative estimate of drug-likeness (QED) is 0.371. The van der Waals surface area contributed by atoms with Gasteiger partial charge in [-0.05, 0) is 29.8 Å². The lowest BCUT2D eigenvalue weighted by Crippen LogP contribution is -2.79. The van der Waals surface area contributed by atoms with Crippen LogP contribution in [0.5, 0.6) is 23.0 Å². The number of nitrogens with one attached hydrogen (secondary N) is 2. The second-order valence-corrected chi connectivity index (χ2v) is 7.58. The summed E-state index contributed by atoms with van der Waals surface area (Å²) in [6.07, 6.45) is 0.596. The zero-order valence-corrected chi connectivity index (χ0v) is 17.6. The average Bonchev–Trinajstić information content (AvgIpc) is 2.72. The molecular weight excluding hydrogens is 398 g/mol. The maximum absolute atomic E-state index is 12.5. The molecule has 0 unspecified atom stereocenters. The molecule has 4 N–H and O–H groups in total. The molecule has 0 aliphatic heterocycles. The first-order chi connectivity index (χ1) is 13.8. The molecule has 0 aliphatic rings. The van der Waals surface area contributed by atoms with Crippen molar-refractivity contribution >= 4 is 16.0 Å². The number of sulfonamides is 1. The van der Waals surface area contributed by atoms with Crippen molar-refractivity contribution in [1.82, 2.24) is 4.72 Å². The van der Waals surface area contributed by atoms with Gasteiger partial charge in [-0.1, -0.05) is 6.07 Å². The number of hydrogen-bond acceptors (Lipinski definition) is 6. The van der Waals surface area contributed by atoms with Crippen LogP contribution in [-0.2, 0) is 16.4 Å². The van der Waals surface area contributed by atoms with Crippen molar-refractivity contribution in [1.29, 1.82) is 0 Å². The van der Waals surface area contributed by atoms with Gasteiger partial charge in [-0.25, -0.2) is 0 Å². The van der Waals surface area contributed by atoms with Gasteiger partial charge in [-0.3, -0.25) is 10.7 Å². The van der Waals surface area contributed by atoms with Crippen molar-refractivity contribution in [3.05, 3.63) is 42.0 Å². The van der Waals surface area contributed by atoms with Crippen LogP contribution in [0, 0.1) is 0 Å².